The standard InChI is InChI=1S/C15H13FN4O3S/c16-10-3-5-11(6-4-10)21-7-13-18-19-15(22-13)24-8-12-17-14(23-20-12)9-1-2-9/h3-6,9H,1-2,7-8H2. The molecule has 0 atom stereocenters. The number of halogens is 1. The van der Waals surface area contributed by atoms with Crippen LogP contribution in [0.1, 0.15) is 36.4 Å². The predicted octanol–water partition coefficient (Wildman–Crippen LogP) is 3.34. The van der Waals surface area contributed by atoms with E-state index < -0.39 is 0 Å². The summed E-state index contributed by atoms with van der Waals surface area (Å²) in [7, 11) is 0. The van der Waals surface area contributed by atoms with Gasteiger partial charge in [-0.25, -0.2) is 4.39 Å². The zero-order chi connectivity index (χ0) is 16.4. The Kier molecular flexibility index (Phi) is 4.16. The highest BCUT2D eigenvalue weighted by atomic mass is 32.2. The zero-order valence-corrected chi connectivity index (χ0v) is 13.3. The van der Waals surface area contributed by atoms with Crippen molar-refractivity contribution in [2.45, 2.75) is 36.3 Å². The molecular formula is C15H13FN4O3S. The normalized spacial score (nSPS) is 14.0. The van der Waals surface area contributed by atoms with E-state index in [1.54, 1.807) is 0 Å². The molecule has 0 N–H and O–H groups in total. The molecule has 1 saturated carbocycles. The summed E-state index contributed by atoms with van der Waals surface area (Å²) in [5.41, 5.74) is 0. The number of hydrogen-bond donors (Lipinski definition) is 0. The number of thioether (sulfide) groups is 1. The molecule has 1 fully saturated rings. The number of nitrogens with zero attached hydrogens (tertiary/aromatic N) is 4. The van der Waals surface area contributed by atoms with E-state index in [2.05, 4.69) is 20.3 Å². The van der Waals surface area contributed by atoms with Gasteiger partial charge in [-0.1, -0.05) is 16.9 Å². The molecule has 0 saturated heterocycles. The van der Waals surface area contributed by atoms with Crippen molar-refractivity contribution in [3.63, 3.8) is 0 Å². The molecule has 0 unspecified atom stereocenters. The molecule has 2 heterocycles. The number of ether oxygens (including phenoxy) is 1. The van der Waals surface area contributed by atoms with E-state index in [1.807, 2.05) is 0 Å². The van der Waals surface area contributed by atoms with Crippen molar-refractivity contribution in [1.29, 1.82) is 0 Å². The lowest BCUT2D eigenvalue weighted by molar-refractivity contribution is 0.252. The minimum atomic E-state index is -0.315. The van der Waals surface area contributed by atoms with Crippen LogP contribution in [0.4, 0.5) is 4.39 Å². The number of aromatic nitrogens is 4. The number of benzene rings is 1. The monoisotopic (exact) mass is 348 g/mol. The lowest BCUT2D eigenvalue weighted by Gasteiger charge is -2.01. The highest BCUT2D eigenvalue weighted by Gasteiger charge is 2.29. The van der Waals surface area contributed by atoms with Crippen LogP contribution in [0.3, 0.4) is 0 Å². The molecule has 0 spiro atoms. The van der Waals surface area contributed by atoms with Crippen molar-refractivity contribution in [2.75, 3.05) is 0 Å². The molecule has 1 aromatic carbocycles. The molecule has 0 radical (unpaired) electrons. The summed E-state index contributed by atoms with van der Waals surface area (Å²) in [4.78, 5) is 4.33. The summed E-state index contributed by atoms with van der Waals surface area (Å²) in [6, 6.07) is 5.72. The number of hydrogen-bond acceptors (Lipinski definition) is 8. The van der Waals surface area contributed by atoms with Gasteiger partial charge in [0.05, 0.1) is 5.75 Å². The summed E-state index contributed by atoms with van der Waals surface area (Å²) in [5, 5.41) is 12.2. The second-order valence-corrected chi connectivity index (χ2v) is 6.24. The quantitative estimate of drug-likeness (QED) is 0.601. The van der Waals surface area contributed by atoms with Gasteiger partial charge in [-0.15, -0.1) is 10.2 Å². The third kappa shape index (κ3) is 3.73. The Hall–Kier alpha value is -2.42. The molecule has 2 aromatic heterocycles. The van der Waals surface area contributed by atoms with Crippen LogP contribution in [0.5, 0.6) is 5.75 Å². The molecule has 0 amide bonds. The Bertz CT molecular complexity index is 816. The predicted molar refractivity (Wildman–Crippen MR) is 80.9 cm³/mol. The highest BCUT2D eigenvalue weighted by molar-refractivity contribution is 7.98. The molecule has 24 heavy (non-hydrogen) atoms. The van der Waals surface area contributed by atoms with Gasteiger partial charge in [-0.2, -0.15) is 4.98 Å². The molecule has 124 valence electrons. The first-order valence-corrected chi connectivity index (χ1v) is 8.41. The summed E-state index contributed by atoms with van der Waals surface area (Å²) in [6.07, 6.45) is 2.24. The summed E-state index contributed by atoms with van der Waals surface area (Å²) >= 11 is 1.33. The summed E-state index contributed by atoms with van der Waals surface area (Å²) in [5.74, 6) is 2.82. The maximum atomic E-state index is 12.8. The van der Waals surface area contributed by atoms with Gasteiger partial charge in [0.15, 0.2) is 12.4 Å². The van der Waals surface area contributed by atoms with Gasteiger partial charge in [0, 0.05) is 5.92 Å². The van der Waals surface area contributed by atoms with E-state index in [-0.39, 0.29) is 12.4 Å². The van der Waals surface area contributed by atoms with Crippen LogP contribution in [0, 0.1) is 5.82 Å². The van der Waals surface area contributed by atoms with Gasteiger partial charge < -0.3 is 13.7 Å². The molecule has 9 heteroatoms. The minimum Gasteiger partial charge on any atom is -0.484 e. The topological polar surface area (TPSA) is 87.1 Å². The largest absolute Gasteiger partial charge is 0.484 e. The summed E-state index contributed by atoms with van der Waals surface area (Å²) in [6.45, 7) is 0.118. The fraction of sp³-hybridized carbons (Fsp3) is 0.333. The SMILES string of the molecule is Fc1ccc(OCc2nnc(SCc3noc(C4CC4)n3)o2)cc1. The molecule has 0 aliphatic heterocycles. The average Bonchev–Trinajstić information content (AvgIpc) is 3.17. The molecule has 1 aliphatic carbocycles. The van der Waals surface area contributed by atoms with Gasteiger partial charge in [0.2, 0.25) is 5.89 Å². The molecule has 3 aromatic rings. The van der Waals surface area contributed by atoms with Crippen molar-refractivity contribution in [2.24, 2.45) is 0 Å². The summed E-state index contributed by atoms with van der Waals surface area (Å²) < 4.78 is 28.9. The van der Waals surface area contributed by atoms with Gasteiger partial charge >= 0.3 is 0 Å². The second-order valence-electron chi connectivity index (χ2n) is 5.32. The maximum Gasteiger partial charge on any atom is 0.277 e. The minimum absolute atomic E-state index is 0.118. The third-order valence-electron chi connectivity index (χ3n) is 3.36. The second kappa shape index (κ2) is 6.60. The third-order valence-corrected chi connectivity index (χ3v) is 4.17. The Morgan fingerprint density at radius 1 is 1.21 bits per heavy atom. The van der Waals surface area contributed by atoms with Crippen LogP contribution >= 0.6 is 11.8 Å². The Labute approximate surface area is 140 Å². The molecular weight excluding hydrogens is 335 g/mol. The van der Waals surface area contributed by atoms with Crippen molar-refractivity contribution >= 4 is 11.8 Å². The van der Waals surface area contributed by atoms with Gasteiger partial charge in [-0.3, -0.25) is 0 Å². The van der Waals surface area contributed by atoms with E-state index in [4.69, 9.17) is 13.7 Å². The lowest BCUT2D eigenvalue weighted by Crippen LogP contribution is -1.95. The van der Waals surface area contributed by atoms with Crippen LogP contribution in [-0.4, -0.2) is 20.3 Å². The first-order valence-electron chi connectivity index (χ1n) is 7.42. The fourth-order valence-electron chi connectivity index (χ4n) is 1.98. The Morgan fingerprint density at radius 3 is 2.83 bits per heavy atom. The first-order chi connectivity index (χ1) is 11.8. The van der Waals surface area contributed by atoms with E-state index in [0.29, 0.717) is 40.2 Å². The zero-order valence-electron chi connectivity index (χ0n) is 12.5. The lowest BCUT2D eigenvalue weighted by atomic mass is 10.3. The van der Waals surface area contributed by atoms with Crippen molar-refractivity contribution in [1.82, 2.24) is 20.3 Å². The molecule has 7 nitrogen and oxygen atoms in total. The van der Waals surface area contributed by atoms with Crippen molar-refractivity contribution in [3.05, 3.63) is 47.7 Å². The Balaban J connectivity index is 1.28. The van der Waals surface area contributed by atoms with Gasteiger partial charge in [-0.05, 0) is 37.1 Å². The van der Waals surface area contributed by atoms with Gasteiger partial charge in [0.25, 0.3) is 11.1 Å². The average molecular weight is 348 g/mol. The van der Waals surface area contributed by atoms with E-state index in [1.165, 1.54) is 36.0 Å². The van der Waals surface area contributed by atoms with Crippen molar-refractivity contribution < 1.29 is 18.1 Å². The first kappa shape index (κ1) is 15.1. The van der Waals surface area contributed by atoms with E-state index in [9.17, 15) is 4.39 Å². The van der Waals surface area contributed by atoms with Gasteiger partial charge in [0.1, 0.15) is 11.6 Å². The van der Waals surface area contributed by atoms with E-state index in [0.717, 1.165) is 12.8 Å². The maximum absolute atomic E-state index is 12.8. The van der Waals surface area contributed by atoms with Crippen LogP contribution in [-0.2, 0) is 12.4 Å². The fourth-order valence-corrected chi connectivity index (χ4v) is 2.60. The van der Waals surface area contributed by atoms with E-state index >= 15 is 0 Å². The smallest absolute Gasteiger partial charge is 0.277 e. The van der Waals surface area contributed by atoms with Crippen LogP contribution < -0.4 is 4.74 Å². The highest BCUT2D eigenvalue weighted by Crippen LogP contribution is 2.39. The van der Waals surface area contributed by atoms with Crippen LogP contribution in [0.15, 0.2) is 38.4 Å². The molecule has 4 rings (SSSR count). The Morgan fingerprint density at radius 2 is 2.04 bits per heavy atom. The van der Waals surface area contributed by atoms with Crippen LogP contribution in [0.25, 0.3) is 0 Å². The molecule has 0 bridgehead atoms. The van der Waals surface area contributed by atoms with Crippen LogP contribution in [0.2, 0.25) is 0 Å². The number of rotatable bonds is 7. The molecule has 1 aliphatic rings. The van der Waals surface area contributed by atoms with Crippen molar-refractivity contribution in [3.8, 4) is 5.75 Å².